The molecule has 2 rings (SSSR count). The standard InChI is InChI=1S/C11H13N3O2/c1-7(11(15)16)5-10-13-8-6-12-4-3-9(8)14(10)2/h3-4,6-7H,5H2,1-2H3,(H,15,16). The molecule has 0 spiro atoms. The van der Waals surface area contributed by atoms with Gasteiger partial charge in [-0.05, 0) is 6.07 Å². The monoisotopic (exact) mass is 219 g/mol. The minimum atomic E-state index is -0.801. The van der Waals surface area contributed by atoms with Crippen LogP contribution in [0.1, 0.15) is 12.7 Å². The van der Waals surface area contributed by atoms with Crippen LogP contribution in [0.3, 0.4) is 0 Å². The van der Waals surface area contributed by atoms with Gasteiger partial charge in [0.2, 0.25) is 0 Å². The van der Waals surface area contributed by atoms with Gasteiger partial charge in [-0.1, -0.05) is 6.92 Å². The minimum Gasteiger partial charge on any atom is -0.481 e. The summed E-state index contributed by atoms with van der Waals surface area (Å²) in [6, 6.07) is 1.87. The summed E-state index contributed by atoms with van der Waals surface area (Å²) in [5.74, 6) is -0.452. The Morgan fingerprint density at radius 2 is 2.38 bits per heavy atom. The van der Waals surface area contributed by atoms with Gasteiger partial charge in [-0.3, -0.25) is 9.78 Å². The van der Waals surface area contributed by atoms with Crippen molar-refractivity contribution in [3.8, 4) is 0 Å². The van der Waals surface area contributed by atoms with E-state index < -0.39 is 11.9 Å². The summed E-state index contributed by atoms with van der Waals surface area (Å²) < 4.78 is 1.91. The summed E-state index contributed by atoms with van der Waals surface area (Å²) in [5.41, 5.74) is 1.78. The van der Waals surface area contributed by atoms with Gasteiger partial charge in [-0.15, -0.1) is 0 Å². The maximum absolute atomic E-state index is 10.8. The fraction of sp³-hybridized carbons (Fsp3) is 0.364. The fourth-order valence-corrected chi connectivity index (χ4v) is 1.65. The van der Waals surface area contributed by atoms with Gasteiger partial charge in [0.15, 0.2) is 0 Å². The molecule has 0 fully saturated rings. The highest BCUT2D eigenvalue weighted by Crippen LogP contribution is 2.15. The zero-order valence-electron chi connectivity index (χ0n) is 9.21. The SMILES string of the molecule is CC(Cc1nc2cnccc2n1C)C(=O)O. The number of pyridine rings is 1. The van der Waals surface area contributed by atoms with Gasteiger partial charge in [0, 0.05) is 19.7 Å². The number of carboxylic acids is 1. The van der Waals surface area contributed by atoms with Crippen LogP contribution in [0.25, 0.3) is 11.0 Å². The molecule has 0 saturated carbocycles. The van der Waals surface area contributed by atoms with E-state index in [9.17, 15) is 4.79 Å². The lowest BCUT2D eigenvalue weighted by atomic mass is 10.1. The molecule has 0 aliphatic carbocycles. The molecule has 0 radical (unpaired) electrons. The first-order valence-corrected chi connectivity index (χ1v) is 5.07. The Morgan fingerprint density at radius 3 is 3.00 bits per heavy atom. The summed E-state index contributed by atoms with van der Waals surface area (Å²) >= 11 is 0. The van der Waals surface area contributed by atoms with Crippen LogP contribution in [0.5, 0.6) is 0 Å². The number of imidazole rings is 1. The predicted molar refractivity (Wildman–Crippen MR) is 59.0 cm³/mol. The number of hydrogen-bond acceptors (Lipinski definition) is 3. The lowest BCUT2D eigenvalue weighted by Gasteiger charge is -2.05. The molecule has 1 atom stereocenters. The molecule has 0 amide bonds. The Hall–Kier alpha value is -1.91. The van der Waals surface area contributed by atoms with Crippen molar-refractivity contribution in [3.63, 3.8) is 0 Å². The second-order valence-corrected chi connectivity index (χ2v) is 3.89. The molecular weight excluding hydrogens is 206 g/mol. The molecule has 0 aliphatic heterocycles. The summed E-state index contributed by atoms with van der Waals surface area (Å²) in [4.78, 5) is 19.1. The van der Waals surface area contributed by atoms with E-state index in [4.69, 9.17) is 5.11 Å². The molecule has 0 aliphatic rings. The summed E-state index contributed by atoms with van der Waals surface area (Å²) in [6.07, 6.45) is 3.82. The molecule has 0 saturated heterocycles. The van der Waals surface area contributed by atoms with Crippen molar-refractivity contribution in [2.45, 2.75) is 13.3 Å². The summed E-state index contributed by atoms with van der Waals surface area (Å²) in [7, 11) is 1.89. The van der Waals surface area contributed by atoms with Gasteiger partial charge in [0.1, 0.15) is 11.3 Å². The van der Waals surface area contributed by atoms with Crippen molar-refractivity contribution in [2.24, 2.45) is 13.0 Å². The van der Waals surface area contributed by atoms with Gasteiger partial charge in [-0.25, -0.2) is 4.98 Å². The van der Waals surface area contributed by atoms with Crippen LogP contribution < -0.4 is 0 Å². The van der Waals surface area contributed by atoms with Crippen molar-refractivity contribution in [2.75, 3.05) is 0 Å². The normalized spacial score (nSPS) is 12.9. The van der Waals surface area contributed by atoms with Crippen LogP contribution in [-0.4, -0.2) is 25.6 Å². The number of fused-ring (bicyclic) bond motifs is 1. The van der Waals surface area contributed by atoms with Gasteiger partial charge >= 0.3 is 5.97 Å². The van der Waals surface area contributed by atoms with Crippen LogP contribution in [-0.2, 0) is 18.3 Å². The van der Waals surface area contributed by atoms with E-state index in [0.29, 0.717) is 6.42 Å². The van der Waals surface area contributed by atoms with E-state index in [-0.39, 0.29) is 0 Å². The lowest BCUT2D eigenvalue weighted by Crippen LogP contribution is -2.14. The number of aryl methyl sites for hydroxylation is 1. The van der Waals surface area contributed by atoms with E-state index in [0.717, 1.165) is 16.9 Å². The molecule has 84 valence electrons. The van der Waals surface area contributed by atoms with Crippen molar-refractivity contribution in [3.05, 3.63) is 24.3 Å². The van der Waals surface area contributed by atoms with E-state index in [1.54, 1.807) is 19.3 Å². The topological polar surface area (TPSA) is 68.0 Å². The summed E-state index contributed by atoms with van der Waals surface area (Å²) in [5, 5.41) is 8.86. The average molecular weight is 219 g/mol. The Bertz CT molecular complexity index is 533. The Balaban J connectivity index is 2.38. The molecule has 1 N–H and O–H groups in total. The van der Waals surface area contributed by atoms with E-state index in [2.05, 4.69) is 9.97 Å². The Labute approximate surface area is 92.8 Å². The second kappa shape index (κ2) is 3.92. The smallest absolute Gasteiger partial charge is 0.306 e. The first-order valence-electron chi connectivity index (χ1n) is 5.07. The van der Waals surface area contributed by atoms with E-state index >= 15 is 0 Å². The average Bonchev–Trinajstić information content (AvgIpc) is 2.56. The number of carbonyl (C=O) groups is 1. The third kappa shape index (κ3) is 1.76. The molecule has 5 nitrogen and oxygen atoms in total. The van der Waals surface area contributed by atoms with Crippen LogP contribution in [0, 0.1) is 5.92 Å². The van der Waals surface area contributed by atoms with E-state index in [1.165, 1.54) is 0 Å². The fourth-order valence-electron chi connectivity index (χ4n) is 1.65. The molecule has 5 heteroatoms. The van der Waals surface area contributed by atoms with Crippen LogP contribution in [0.2, 0.25) is 0 Å². The van der Waals surface area contributed by atoms with E-state index in [1.807, 2.05) is 17.7 Å². The summed E-state index contributed by atoms with van der Waals surface area (Å²) in [6.45, 7) is 1.68. The third-order valence-corrected chi connectivity index (χ3v) is 2.69. The molecule has 2 aromatic rings. The zero-order valence-corrected chi connectivity index (χ0v) is 9.21. The Kier molecular flexibility index (Phi) is 2.60. The van der Waals surface area contributed by atoms with Crippen molar-refractivity contribution < 1.29 is 9.90 Å². The second-order valence-electron chi connectivity index (χ2n) is 3.89. The van der Waals surface area contributed by atoms with Crippen LogP contribution in [0.15, 0.2) is 18.5 Å². The molecule has 0 bridgehead atoms. The van der Waals surface area contributed by atoms with Gasteiger partial charge in [0.05, 0.1) is 17.6 Å². The highest BCUT2D eigenvalue weighted by molar-refractivity contribution is 5.75. The molecule has 16 heavy (non-hydrogen) atoms. The third-order valence-electron chi connectivity index (χ3n) is 2.69. The number of rotatable bonds is 3. The molecule has 2 heterocycles. The van der Waals surface area contributed by atoms with Gasteiger partial charge < -0.3 is 9.67 Å². The number of carboxylic acid groups (broad SMARTS) is 1. The lowest BCUT2D eigenvalue weighted by molar-refractivity contribution is -0.141. The highest BCUT2D eigenvalue weighted by atomic mass is 16.4. The largest absolute Gasteiger partial charge is 0.481 e. The van der Waals surface area contributed by atoms with Crippen molar-refractivity contribution >= 4 is 17.0 Å². The van der Waals surface area contributed by atoms with Crippen LogP contribution >= 0.6 is 0 Å². The molecule has 0 aromatic carbocycles. The van der Waals surface area contributed by atoms with Crippen molar-refractivity contribution in [1.82, 2.24) is 14.5 Å². The zero-order chi connectivity index (χ0) is 11.7. The number of hydrogen-bond donors (Lipinski definition) is 1. The first-order chi connectivity index (χ1) is 7.59. The quantitative estimate of drug-likeness (QED) is 0.843. The minimum absolute atomic E-state index is 0.427. The number of aromatic nitrogens is 3. The predicted octanol–water partition coefficient (Wildman–Crippen LogP) is 1.23. The van der Waals surface area contributed by atoms with Gasteiger partial charge in [0.25, 0.3) is 0 Å². The number of aliphatic carboxylic acids is 1. The van der Waals surface area contributed by atoms with Crippen LogP contribution in [0.4, 0.5) is 0 Å². The Morgan fingerprint density at radius 1 is 1.62 bits per heavy atom. The molecule has 2 aromatic heterocycles. The first kappa shape index (κ1) is 10.6. The molecular formula is C11H13N3O2. The molecule has 1 unspecified atom stereocenters. The van der Waals surface area contributed by atoms with Crippen molar-refractivity contribution in [1.29, 1.82) is 0 Å². The maximum atomic E-state index is 10.8. The number of nitrogens with zero attached hydrogens (tertiary/aromatic N) is 3. The van der Waals surface area contributed by atoms with Gasteiger partial charge in [-0.2, -0.15) is 0 Å². The maximum Gasteiger partial charge on any atom is 0.306 e. The highest BCUT2D eigenvalue weighted by Gasteiger charge is 2.16.